The van der Waals surface area contributed by atoms with Crippen LogP contribution in [0.1, 0.15) is 28.8 Å². The maximum absolute atomic E-state index is 12.3. The number of carbonyl (C=O) groups is 3. The summed E-state index contributed by atoms with van der Waals surface area (Å²) in [5.41, 5.74) is 1.90. The van der Waals surface area contributed by atoms with Gasteiger partial charge >= 0.3 is 0 Å². The summed E-state index contributed by atoms with van der Waals surface area (Å²) in [7, 11) is -1.08. The molecule has 134 valence electrons. The first kappa shape index (κ1) is 18.0. The number of nitrogens with zero attached hydrogens (tertiary/aromatic N) is 1. The molecule has 6 nitrogen and oxygen atoms in total. The number of amides is 3. The van der Waals surface area contributed by atoms with Crippen molar-refractivity contribution in [2.45, 2.75) is 24.3 Å². The highest BCUT2D eigenvalue weighted by Crippen LogP contribution is 2.18. The predicted molar refractivity (Wildman–Crippen MR) is 98.0 cm³/mol. The Morgan fingerprint density at radius 2 is 1.58 bits per heavy atom. The molecule has 1 N–H and O–H groups in total. The van der Waals surface area contributed by atoms with Crippen LogP contribution in [0.25, 0.3) is 0 Å². The van der Waals surface area contributed by atoms with Gasteiger partial charge < -0.3 is 5.32 Å². The minimum Gasteiger partial charge on any atom is -0.322 e. The monoisotopic (exact) mass is 370 g/mol. The van der Waals surface area contributed by atoms with Crippen LogP contribution in [0.3, 0.4) is 0 Å². The molecule has 0 radical (unpaired) electrons. The number of hydrogen-bond donors (Lipinski definition) is 1. The van der Waals surface area contributed by atoms with Gasteiger partial charge in [-0.25, -0.2) is 0 Å². The van der Waals surface area contributed by atoms with E-state index in [1.165, 1.54) is 4.90 Å². The molecule has 1 unspecified atom stereocenters. The fourth-order valence-corrected chi connectivity index (χ4v) is 3.20. The van der Waals surface area contributed by atoms with Crippen molar-refractivity contribution in [2.24, 2.45) is 0 Å². The third-order valence-electron chi connectivity index (χ3n) is 4.16. The molecule has 2 aromatic carbocycles. The summed E-state index contributed by atoms with van der Waals surface area (Å²) in [6.45, 7) is 0.252. The van der Waals surface area contributed by atoms with Crippen LogP contribution in [0.4, 0.5) is 5.69 Å². The molecule has 26 heavy (non-hydrogen) atoms. The molecule has 0 bridgehead atoms. The van der Waals surface area contributed by atoms with Crippen LogP contribution in [0.2, 0.25) is 0 Å². The van der Waals surface area contributed by atoms with Crippen LogP contribution in [0, 0.1) is 0 Å². The van der Waals surface area contributed by atoms with Crippen molar-refractivity contribution in [3.8, 4) is 0 Å². The molecule has 2 aromatic rings. The number of carbonyl (C=O) groups excluding carboxylic acids is 3. The second-order valence-corrected chi connectivity index (χ2v) is 7.38. The van der Waals surface area contributed by atoms with Crippen LogP contribution in [-0.2, 0) is 26.9 Å². The van der Waals surface area contributed by atoms with E-state index >= 15 is 0 Å². The molecule has 0 spiro atoms. The lowest BCUT2D eigenvalue weighted by atomic mass is 10.1. The Labute approximate surface area is 153 Å². The number of nitrogens with one attached hydrogen (secondary N) is 1. The quantitative estimate of drug-likeness (QED) is 0.819. The molecule has 0 saturated carbocycles. The van der Waals surface area contributed by atoms with E-state index in [0.29, 0.717) is 16.1 Å². The van der Waals surface area contributed by atoms with E-state index in [4.69, 9.17) is 0 Å². The van der Waals surface area contributed by atoms with E-state index in [9.17, 15) is 18.6 Å². The van der Waals surface area contributed by atoms with Crippen LogP contribution in [0.5, 0.6) is 0 Å². The van der Waals surface area contributed by atoms with Crippen LogP contribution < -0.4 is 5.32 Å². The normalized spacial score (nSPS) is 15.2. The number of likely N-dealkylation sites (tertiary alicyclic amines) is 1. The molecular formula is C19H18N2O4S. The van der Waals surface area contributed by atoms with E-state index in [1.54, 1.807) is 54.8 Å². The van der Waals surface area contributed by atoms with E-state index in [0.717, 1.165) is 5.56 Å². The highest BCUT2D eigenvalue weighted by Gasteiger charge is 2.28. The number of benzene rings is 2. The maximum Gasteiger partial charge on any atom is 0.255 e. The summed E-state index contributed by atoms with van der Waals surface area (Å²) in [4.78, 5) is 37.5. The highest BCUT2D eigenvalue weighted by molar-refractivity contribution is 7.84. The summed E-state index contributed by atoms with van der Waals surface area (Å²) >= 11 is 0. The average Bonchev–Trinajstić information content (AvgIpc) is 2.95. The summed E-state index contributed by atoms with van der Waals surface area (Å²) in [6.07, 6.45) is 2.13. The second kappa shape index (κ2) is 7.61. The first-order chi connectivity index (χ1) is 12.4. The van der Waals surface area contributed by atoms with E-state index in [1.807, 2.05) is 0 Å². The zero-order valence-corrected chi connectivity index (χ0v) is 15.0. The first-order valence-electron chi connectivity index (χ1n) is 8.11. The molecule has 1 aliphatic heterocycles. The zero-order valence-electron chi connectivity index (χ0n) is 14.2. The Morgan fingerprint density at radius 1 is 1.00 bits per heavy atom. The van der Waals surface area contributed by atoms with Gasteiger partial charge in [0.05, 0.1) is 6.54 Å². The minimum absolute atomic E-state index is 0.149. The smallest absolute Gasteiger partial charge is 0.255 e. The van der Waals surface area contributed by atoms with Crippen molar-refractivity contribution in [1.29, 1.82) is 0 Å². The lowest BCUT2D eigenvalue weighted by molar-refractivity contribution is -0.139. The molecule has 1 fully saturated rings. The molecule has 3 amide bonds. The largest absolute Gasteiger partial charge is 0.322 e. The van der Waals surface area contributed by atoms with Gasteiger partial charge in [0.15, 0.2) is 0 Å². The number of imide groups is 1. The number of anilines is 1. The number of hydrogen-bond acceptors (Lipinski definition) is 4. The number of rotatable bonds is 5. The van der Waals surface area contributed by atoms with Crippen molar-refractivity contribution in [3.63, 3.8) is 0 Å². The lowest BCUT2D eigenvalue weighted by Crippen LogP contribution is -2.28. The SMILES string of the molecule is CS(=O)c1ccc(C(=O)Nc2ccc(CN3C(=O)CCC3=O)cc2)cc1. The van der Waals surface area contributed by atoms with Gasteiger partial charge in [0.2, 0.25) is 11.8 Å². The summed E-state index contributed by atoms with van der Waals surface area (Å²) in [5.74, 6) is -0.566. The van der Waals surface area contributed by atoms with E-state index in [2.05, 4.69) is 5.32 Å². The Hall–Kier alpha value is -2.80. The fourth-order valence-electron chi connectivity index (χ4n) is 2.68. The Bertz CT molecular complexity index is 859. The van der Waals surface area contributed by atoms with Gasteiger partial charge in [-0.1, -0.05) is 12.1 Å². The molecule has 1 aliphatic rings. The minimum atomic E-state index is -1.08. The predicted octanol–water partition coefficient (Wildman–Crippen LogP) is 2.33. The molecule has 1 heterocycles. The van der Waals surface area contributed by atoms with Crippen LogP contribution in [0.15, 0.2) is 53.4 Å². The lowest BCUT2D eigenvalue weighted by Gasteiger charge is -2.14. The van der Waals surface area contributed by atoms with Crippen molar-refractivity contribution >= 4 is 34.2 Å². The van der Waals surface area contributed by atoms with Gasteiger partial charge in [0, 0.05) is 46.0 Å². The Kier molecular flexibility index (Phi) is 5.27. The first-order valence-corrected chi connectivity index (χ1v) is 9.67. The summed E-state index contributed by atoms with van der Waals surface area (Å²) < 4.78 is 11.4. The molecule has 0 aromatic heterocycles. The molecule has 3 rings (SSSR count). The highest BCUT2D eigenvalue weighted by atomic mass is 32.2. The molecule has 0 aliphatic carbocycles. The standard InChI is InChI=1S/C19H18N2O4S/c1-26(25)16-8-4-14(5-9-16)19(24)20-15-6-2-13(3-7-15)12-21-17(22)10-11-18(21)23/h2-9H,10-12H2,1H3,(H,20,24). The summed E-state index contributed by atoms with van der Waals surface area (Å²) in [5, 5.41) is 2.78. The maximum atomic E-state index is 12.3. The third-order valence-corrected chi connectivity index (χ3v) is 5.09. The van der Waals surface area contributed by atoms with Gasteiger partial charge in [-0.2, -0.15) is 0 Å². The fraction of sp³-hybridized carbons (Fsp3) is 0.211. The van der Waals surface area contributed by atoms with Gasteiger partial charge in [-0.05, 0) is 42.0 Å². The zero-order chi connectivity index (χ0) is 18.7. The van der Waals surface area contributed by atoms with Gasteiger partial charge in [0.1, 0.15) is 0 Å². The van der Waals surface area contributed by atoms with Crippen molar-refractivity contribution < 1.29 is 18.6 Å². The van der Waals surface area contributed by atoms with Crippen molar-refractivity contribution in [1.82, 2.24) is 4.90 Å². The summed E-state index contributed by atoms with van der Waals surface area (Å²) in [6, 6.07) is 13.6. The Morgan fingerprint density at radius 3 is 2.12 bits per heavy atom. The van der Waals surface area contributed by atoms with Gasteiger partial charge in [0.25, 0.3) is 5.91 Å². The van der Waals surface area contributed by atoms with Crippen LogP contribution in [-0.4, -0.2) is 33.1 Å². The molecule has 1 saturated heterocycles. The van der Waals surface area contributed by atoms with E-state index in [-0.39, 0.29) is 37.1 Å². The van der Waals surface area contributed by atoms with Gasteiger partial charge in [-0.3, -0.25) is 23.5 Å². The van der Waals surface area contributed by atoms with E-state index < -0.39 is 10.8 Å². The Balaban J connectivity index is 1.63. The third kappa shape index (κ3) is 4.05. The molecular weight excluding hydrogens is 352 g/mol. The topological polar surface area (TPSA) is 83.6 Å². The second-order valence-electron chi connectivity index (χ2n) is 6.00. The molecule has 1 atom stereocenters. The molecule has 7 heteroatoms. The van der Waals surface area contributed by atoms with Crippen molar-refractivity contribution in [3.05, 3.63) is 59.7 Å². The van der Waals surface area contributed by atoms with Gasteiger partial charge in [-0.15, -0.1) is 0 Å². The average molecular weight is 370 g/mol. The van der Waals surface area contributed by atoms with Crippen molar-refractivity contribution in [2.75, 3.05) is 11.6 Å². The van der Waals surface area contributed by atoms with Crippen LogP contribution >= 0.6 is 0 Å².